The van der Waals surface area contributed by atoms with E-state index in [2.05, 4.69) is 30.7 Å². The second kappa shape index (κ2) is 5.14. The first-order valence-corrected chi connectivity index (χ1v) is 6.09. The van der Waals surface area contributed by atoms with Gasteiger partial charge in [-0.3, -0.25) is 20.3 Å². The molecule has 0 fully saturated rings. The average Bonchev–Trinajstić information content (AvgIpc) is 3.10. The highest BCUT2D eigenvalue weighted by Gasteiger charge is 2.11. The standard InChI is InChI=1S/C12H9ClN6O/c13-8-3-1-7(2-4-8)10-15-12(19-18-10)16-11(20)9-5-6-14-17-9/h1-6H,(H,14,17)(H2,15,16,18,19,20). The van der Waals surface area contributed by atoms with Crippen molar-refractivity contribution in [2.45, 2.75) is 0 Å². The molecule has 7 nitrogen and oxygen atoms in total. The summed E-state index contributed by atoms with van der Waals surface area (Å²) < 4.78 is 0. The van der Waals surface area contributed by atoms with Crippen LogP contribution >= 0.6 is 11.6 Å². The summed E-state index contributed by atoms with van der Waals surface area (Å²) in [7, 11) is 0. The van der Waals surface area contributed by atoms with Crippen LogP contribution < -0.4 is 5.32 Å². The highest BCUT2D eigenvalue weighted by Crippen LogP contribution is 2.18. The van der Waals surface area contributed by atoms with Crippen molar-refractivity contribution in [3.05, 3.63) is 47.2 Å². The number of carbonyl (C=O) groups excluding carboxylic acids is 1. The zero-order valence-corrected chi connectivity index (χ0v) is 10.8. The smallest absolute Gasteiger partial charge is 0.276 e. The fourth-order valence-corrected chi connectivity index (χ4v) is 1.73. The number of benzene rings is 1. The molecule has 8 heteroatoms. The van der Waals surface area contributed by atoms with E-state index in [9.17, 15) is 4.79 Å². The van der Waals surface area contributed by atoms with Crippen LogP contribution in [0.1, 0.15) is 10.5 Å². The normalized spacial score (nSPS) is 10.4. The predicted molar refractivity (Wildman–Crippen MR) is 73.4 cm³/mol. The van der Waals surface area contributed by atoms with E-state index < -0.39 is 0 Å². The van der Waals surface area contributed by atoms with Gasteiger partial charge in [-0.1, -0.05) is 11.6 Å². The molecule has 20 heavy (non-hydrogen) atoms. The third kappa shape index (κ3) is 2.52. The molecule has 0 unspecified atom stereocenters. The van der Waals surface area contributed by atoms with Crippen molar-refractivity contribution in [3.63, 3.8) is 0 Å². The molecule has 1 amide bonds. The Bertz CT molecular complexity index is 719. The van der Waals surface area contributed by atoms with Crippen molar-refractivity contribution in [1.82, 2.24) is 25.4 Å². The van der Waals surface area contributed by atoms with Crippen molar-refractivity contribution in [2.24, 2.45) is 0 Å². The van der Waals surface area contributed by atoms with Crippen LogP contribution in [0.2, 0.25) is 5.02 Å². The second-order valence-corrected chi connectivity index (χ2v) is 4.38. The summed E-state index contributed by atoms with van der Waals surface area (Å²) in [5.41, 5.74) is 1.16. The highest BCUT2D eigenvalue weighted by molar-refractivity contribution is 6.30. The van der Waals surface area contributed by atoms with Gasteiger partial charge in [-0.25, -0.2) is 0 Å². The van der Waals surface area contributed by atoms with E-state index in [1.54, 1.807) is 18.2 Å². The van der Waals surface area contributed by atoms with Crippen molar-refractivity contribution in [3.8, 4) is 11.4 Å². The molecule has 0 radical (unpaired) electrons. The van der Waals surface area contributed by atoms with Gasteiger partial charge in [0.15, 0.2) is 5.82 Å². The Labute approximate surface area is 118 Å². The molecule has 1 aromatic carbocycles. The number of H-pyrrole nitrogens is 2. The predicted octanol–water partition coefficient (Wildman–Crippen LogP) is 2.10. The molecule has 0 aliphatic heterocycles. The first-order chi connectivity index (χ1) is 9.72. The number of hydrogen-bond acceptors (Lipinski definition) is 4. The maximum atomic E-state index is 11.8. The quantitative estimate of drug-likeness (QED) is 0.687. The zero-order valence-electron chi connectivity index (χ0n) is 10.1. The van der Waals surface area contributed by atoms with E-state index in [0.717, 1.165) is 5.56 Å². The zero-order chi connectivity index (χ0) is 13.9. The van der Waals surface area contributed by atoms with Crippen LogP contribution in [0.15, 0.2) is 36.5 Å². The summed E-state index contributed by atoms with van der Waals surface area (Å²) in [6, 6.07) is 8.68. The topological polar surface area (TPSA) is 99.3 Å². The molecule has 0 aliphatic rings. The Morgan fingerprint density at radius 3 is 2.65 bits per heavy atom. The van der Waals surface area contributed by atoms with Gasteiger partial charge in [0.1, 0.15) is 5.69 Å². The minimum Gasteiger partial charge on any atom is -0.288 e. The lowest BCUT2D eigenvalue weighted by Crippen LogP contribution is -2.13. The van der Waals surface area contributed by atoms with Crippen molar-refractivity contribution in [1.29, 1.82) is 0 Å². The number of rotatable bonds is 3. The van der Waals surface area contributed by atoms with Gasteiger partial charge in [0.2, 0.25) is 5.95 Å². The maximum Gasteiger partial charge on any atom is 0.276 e. The molecule has 0 aliphatic carbocycles. The first-order valence-electron chi connectivity index (χ1n) is 5.71. The molecule has 0 atom stereocenters. The van der Waals surface area contributed by atoms with Gasteiger partial charge in [-0.2, -0.15) is 10.1 Å². The molecular weight excluding hydrogens is 280 g/mol. The summed E-state index contributed by atoms with van der Waals surface area (Å²) in [6.45, 7) is 0. The number of aromatic nitrogens is 5. The van der Waals surface area contributed by atoms with Crippen LogP contribution in [-0.2, 0) is 0 Å². The largest absolute Gasteiger partial charge is 0.288 e. The highest BCUT2D eigenvalue weighted by atomic mass is 35.5. The van der Waals surface area contributed by atoms with Crippen LogP contribution in [0, 0.1) is 0 Å². The summed E-state index contributed by atoms with van der Waals surface area (Å²) in [4.78, 5) is 16.0. The van der Waals surface area contributed by atoms with Crippen LogP contribution in [-0.4, -0.2) is 31.3 Å². The minimum atomic E-state index is -0.357. The Kier molecular flexibility index (Phi) is 3.18. The number of hydrogen-bond donors (Lipinski definition) is 3. The van der Waals surface area contributed by atoms with E-state index in [1.807, 2.05) is 12.1 Å². The van der Waals surface area contributed by atoms with E-state index in [-0.39, 0.29) is 11.9 Å². The number of nitrogens with one attached hydrogen (secondary N) is 3. The molecule has 100 valence electrons. The van der Waals surface area contributed by atoms with Gasteiger partial charge in [-0.15, -0.1) is 5.10 Å². The summed E-state index contributed by atoms with van der Waals surface area (Å²) in [5.74, 6) is 0.375. The third-order valence-electron chi connectivity index (χ3n) is 2.57. The first kappa shape index (κ1) is 12.4. The van der Waals surface area contributed by atoms with E-state index in [4.69, 9.17) is 11.6 Å². The van der Waals surface area contributed by atoms with Crippen molar-refractivity contribution < 1.29 is 4.79 Å². The number of amides is 1. The summed E-state index contributed by atoms with van der Waals surface area (Å²) >= 11 is 5.82. The average molecular weight is 289 g/mol. The number of anilines is 1. The summed E-state index contributed by atoms with van der Waals surface area (Å²) in [5, 5.41) is 16.1. The third-order valence-corrected chi connectivity index (χ3v) is 2.83. The molecule has 0 saturated heterocycles. The van der Waals surface area contributed by atoms with Crippen molar-refractivity contribution in [2.75, 3.05) is 5.32 Å². The Balaban J connectivity index is 1.77. The van der Waals surface area contributed by atoms with Gasteiger partial charge in [0.05, 0.1) is 0 Å². The van der Waals surface area contributed by atoms with Gasteiger partial charge < -0.3 is 0 Å². The molecule has 2 heterocycles. The molecule has 0 spiro atoms. The van der Waals surface area contributed by atoms with Gasteiger partial charge in [0, 0.05) is 16.8 Å². The van der Waals surface area contributed by atoms with Crippen LogP contribution in [0.25, 0.3) is 11.4 Å². The van der Waals surface area contributed by atoms with Gasteiger partial charge in [0.25, 0.3) is 5.91 Å². The lowest BCUT2D eigenvalue weighted by atomic mass is 10.2. The number of carbonyl (C=O) groups is 1. The summed E-state index contributed by atoms with van der Waals surface area (Å²) in [6.07, 6.45) is 1.49. The Morgan fingerprint density at radius 1 is 1.15 bits per heavy atom. The maximum absolute atomic E-state index is 11.8. The number of nitrogens with zero attached hydrogens (tertiary/aromatic N) is 3. The molecule has 0 bridgehead atoms. The molecule has 3 rings (SSSR count). The number of aromatic amines is 2. The lowest BCUT2D eigenvalue weighted by molar-refractivity contribution is 0.102. The second-order valence-electron chi connectivity index (χ2n) is 3.94. The molecule has 2 aromatic heterocycles. The minimum absolute atomic E-state index is 0.189. The monoisotopic (exact) mass is 288 g/mol. The van der Waals surface area contributed by atoms with E-state index >= 15 is 0 Å². The fourth-order valence-electron chi connectivity index (χ4n) is 1.61. The molecule has 3 aromatic rings. The number of halogens is 1. The SMILES string of the molecule is O=C(Nc1n[nH]c(-c2ccc(Cl)cc2)n1)c1ccn[nH]1. The molecule has 3 N–H and O–H groups in total. The van der Waals surface area contributed by atoms with E-state index in [0.29, 0.717) is 16.5 Å². The van der Waals surface area contributed by atoms with Crippen LogP contribution in [0.5, 0.6) is 0 Å². The Morgan fingerprint density at radius 2 is 1.95 bits per heavy atom. The lowest BCUT2D eigenvalue weighted by Gasteiger charge is -1.97. The van der Waals surface area contributed by atoms with Gasteiger partial charge in [-0.05, 0) is 30.3 Å². The van der Waals surface area contributed by atoms with Crippen LogP contribution in [0.3, 0.4) is 0 Å². The fraction of sp³-hybridized carbons (Fsp3) is 0. The van der Waals surface area contributed by atoms with Crippen molar-refractivity contribution >= 4 is 23.5 Å². The molecular formula is C12H9ClN6O. The molecule has 0 saturated carbocycles. The van der Waals surface area contributed by atoms with Gasteiger partial charge >= 0.3 is 0 Å². The van der Waals surface area contributed by atoms with Crippen LogP contribution in [0.4, 0.5) is 5.95 Å². The van der Waals surface area contributed by atoms with E-state index in [1.165, 1.54) is 6.20 Å². The Hall–Kier alpha value is -2.67.